The Balaban J connectivity index is 1.70. The molecule has 0 aliphatic carbocycles. The highest BCUT2D eigenvalue weighted by Crippen LogP contribution is 2.28. The second-order valence-corrected chi connectivity index (χ2v) is 6.80. The van der Waals surface area contributed by atoms with Gasteiger partial charge in [0.1, 0.15) is 16.5 Å². The Labute approximate surface area is 145 Å². The van der Waals surface area contributed by atoms with Crippen molar-refractivity contribution < 1.29 is 13.6 Å². The van der Waals surface area contributed by atoms with Crippen molar-refractivity contribution in [1.82, 2.24) is 4.98 Å². The molecular formula is C19H12F2N2OS. The van der Waals surface area contributed by atoms with Crippen LogP contribution >= 0.6 is 11.3 Å². The molecule has 4 rings (SSSR count). The van der Waals surface area contributed by atoms with Crippen LogP contribution in [0.4, 0.5) is 14.5 Å². The van der Waals surface area contributed by atoms with E-state index in [1.54, 1.807) is 6.07 Å². The average Bonchev–Trinajstić information content (AvgIpc) is 2.98. The number of carbonyl (C=O) groups excluding carboxylic acids is 1. The van der Waals surface area contributed by atoms with Gasteiger partial charge in [-0.25, -0.2) is 13.8 Å². The molecule has 1 N–H and O–H groups in total. The summed E-state index contributed by atoms with van der Waals surface area (Å²) in [5, 5.41) is 4.32. The number of nitrogens with one attached hydrogen (secondary N) is 1. The Morgan fingerprint density at radius 1 is 1.04 bits per heavy atom. The van der Waals surface area contributed by atoms with Crippen LogP contribution in [0.2, 0.25) is 0 Å². The quantitative estimate of drug-likeness (QED) is 0.531. The van der Waals surface area contributed by atoms with Crippen LogP contribution in [0.5, 0.6) is 0 Å². The van der Waals surface area contributed by atoms with E-state index in [-0.39, 0.29) is 5.69 Å². The standard InChI is InChI=1S/C19H12F2N2OS/c1-10-2-4-15-11(6-10)7-12-8-17(25-19(12)23-15)18(24)22-16-5-3-13(20)9-14(16)21/h2-9H,1H3,(H,22,24). The van der Waals surface area contributed by atoms with Crippen molar-refractivity contribution in [3.05, 3.63) is 70.6 Å². The molecule has 0 aliphatic heterocycles. The molecule has 25 heavy (non-hydrogen) atoms. The van der Waals surface area contributed by atoms with Gasteiger partial charge in [0.25, 0.3) is 5.91 Å². The maximum atomic E-state index is 13.7. The fourth-order valence-electron chi connectivity index (χ4n) is 2.64. The molecule has 0 aliphatic rings. The molecule has 0 unspecified atom stereocenters. The van der Waals surface area contributed by atoms with E-state index >= 15 is 0 Å². The van der Waals surface area contributed by atoms with Crippen molar-refractivity contribution in [2.75, 3.05) is 5.32 Å². The lowest BCUT2D eigenvalue weighted by molar-refractivity contribution is 0.103. The summed E-state index contributed by atoms with van der Waals surface area (Å²) in [5.41, 5.74) is 1.93. The number of aryl methyl sites for hydroxylation is 1. The highest BCUT2D eigenvalue weighted by Gasteiger charge is 2.14. The smallest absolute Gasteiger partial charge is 0.265 e. The maximum absolute atomic E-state index is 13.7. The SMILES string of the molecule is Cc1ccc2nc3sc(C(=O)Nc4ccc(F)cc4F)cc3cc2c1. The van der Waals surface area contributed by atoms with Crippen LogP contribution in [0, 0.1) is 18.6 Å². The summed E-state index contributed by atoms with van der Waals surface area (Å²) in [4.78, 5) is 18.1. The molecule has 6 heteroatoms. The largest absolute Gasteiger partial charge is 0.319 e. The first-order valence-corrected chi connectivity index (χ1v) is 8.38. The monoisotopic (exact) mass is 354 g/mol. The molecule has 0 bridgehead atoms. The van der Waals surface area contributed by atoms with Gasteiger partial charge < -0.3 is 5.32 Å². The van der Waals surface area contributed by atoms with Crippen molar-refractivity contribution >= 4 is 44.1 Å². The van der Waals surface area contributed by atoms with E-state index in [0.29, 0.717) is 4.88 Å². The number of hydrogen-bond acceptors (Lipinski definition) is 3. The lowest BCUT2D eigenvalue weighted by Gasteiger charge is -2.04. The molecule has 2 aromatic carbocycles. The molecule has 0 atom stereocenters. The molecule has 2 heterocycles. The van der Waals surface area contributed by atoms with Gasteiger partial charge in [-0.1, -0.05) is 11.6 Å². The van der Waals surface area contributed by atoms with Crippen molar-refractivity contribution in [1.29, 1.82) is 0 Å². The van der Waals surface area contributed by atoms with Gasteiger partial charge in [-0.2, -0.15) is 0 Å². The molecule has 0 fully saturated rings. The highest BCUT2D eigenvalue weighted by molar-refractivity contribution is 7.20. The molecule has 2 aromatic heterocycles. The summed E-state index contributed by atoms with van der Waals surface area (Å²) in [7, 11) is 0. The third-order valence-electron chi connectivity index (χ3n) is 3.86. The van der Waals surface area contributed by atoms with Crippen LogP contribution in [0.15, 0.2) is 48.5 Å². The van der Waals surface area contributed by atoms with Gasteiger partial charge in [-0.05, 0) is 43.3 Å². The van der Waals surface area contributed by atoms with Crippen molar-refractivity contribution in [3.63, 3.8) is 0 Å². The number of amides is 1. The van der Waals surface area contributed by atoms with Crippen molar-refractivity contribution in [2.24, 2.45) is 0 Å². The molecule has 0 saturated heterocycles. The highest BCUT2D eigenvalue weighted by atomic mass is 32.1. The van der Waals surface area contributed by atoms with E-state index < -0.39 is 17.5 Å². The summed E-state index contributed by atoms with van der Waals surface area (Å²) in [5.74, 6) is -1.95. The Bertz CT molecular complexity index is 1140. The van der Waals surface area contributed by atoms with Crippen LogP contribution in [0.25, 0.3) is 21.1 Å². The van der Waals surface area contributed by atoms with E-state index in [1.807, 2.05) is 31.2 Å². The van der Waals surface area contributed by atoms with Crippen LogP contribution < -0.4 is 5.32 Å². The lowest BCUT2D eigenvalue weighted by Crippen LogP contribution is -2.11. The zero-order valence-electron chi connectivity index (χ0n) is 13.1. The molecule has 1 amide bonds. The Hall–Kier alpha value is -2.86. The fourth-order valence-corrected chi connectivity index (χ4v) is 3.56. The lowest BCUT2D eigenvalue weighted by atomic mass is 10.1. The number of thiophene rings is 1. The average molecular weight is 354 g/mol. The van der Waals surface area contributed by atoms with Crippen LogP contribution in [0.3, 0.4) is 0 Å². The van der Waals surface area contributed by atoms with Gasteiger partial charge in [-0.15, -0.1) is 11.3 Å². The summed E-state index contributed by atoms with van der Waals surface area (Å²) in [6.45, 7) is 2.01. The first kappa shape index (κ1) is 15.7. The van der Waals surface area contributed by atoms with E-state index in [4.69, 9.17) is 0 Å². The molecule has 124 valence electrons. The molecule has 3 nitrogen and oxygen atoms in total. The third kappa shape index (κ3) is 2.96. The minimum Gasteiger partial charge on any atom is -0.319 e. The second kappa shape index (κ2) is 5.89. The van der Waals surface area contributed by atoms with Gasteiger partial charge in [-0.3, -0.25) is 4.79 Å². The summed E-state index contributed by atoms with van der Waals surface area (Å²) >= 11 is 1.23. The number of fused-ring (bicyclic) bond motifs is 2. The van der Waals surface area contributed by atoms with Crippen LogP contribution in [0.1, 0.15) is 15.2 Å². The van der Waals surface area contributed by atoms with Gasteiger partial charge in [0.2, 0.25) is 0 Å². The Morgan fingerprint density at radius 2 is 1.88 bits per heavy atom. The number of halogens is 2. The zero-order valence-corrected chi connectivity index (χ0v) is 14.0. The van der Waals surface area contributed by atoms with E-state index in [2.05, 4.69) is 10.3 Å². The van der Waals surface area contributed by atoms with E-state index in [0.717, 1.165) is 38.8 Å². The number of carbonyl (C=O) groups is 1. The summed E-state index contributed by atoms with van der Waals surface area (Å²) < 4.78 is 26.6. The van der Waals surface area contributed by atoms with E-state index in [1.165, 1.54) is 17.4 Å². The van der Waals surface area contributed by atoms with Gasteiger partial charge >= 0.3 is 0 Å². The number of anilines is 1. The minimum absolute atomic E-state index is 0.0578. The molecular weight excluding hydrogens is 342 g/mol. The zero-order chi connectivity index (χ0) is 17.6. The summed E-state index contributed by atoms with van der Waals surface area (Å²) in [6, 6.07) is 12.7. The molecule has 0 saturated carbocycles. The molecule has 4 aromatic rings. The van der Waals surface area contributed by atoms with Gasteiger partial charge in [0.05, 0.1) is 16.1 Å². The Kier molecular flexibility index (Phi) is 3.69. The summed E-state index contributed by atoms with van der Waals surface area (Å²) in [6.07, 6.45) is 0. The van der Waals surface area contributed by atoms with Gasteiger partial charge in [0, 0.05) is 16.8 Å². The van der Waals surface area contributed by atoms with E-state index in [9.17, 15) is 13.6 Å². The number of pyridine rings is 1. The molecule has 0 radical (unpaired) electrons. The topological polar surface area (TPSA) is 42.0 Å². The van der Waals surface area contributed by atoms with Crippen LogP contribution in [-0.2, 0) is 0 Å². The van der Waals surface area contributed by atoms with Crippen molar-refractivity contribution in [3.8, 4) is 0 Å². The maximum Gasteiger partial charge on any atom is 0.265 e. The number of hydrogen-bond donors (Lipinski definition) is 1. The van der Waals surface area contributed by atoms with Crippen molar-refractivity contribution in [2.45, 2.75) is 6.92 Å². The van der Waals surface area contributed by atoms with Crippen LogP contribution in [-0.4, -0.2) is 10.9 Å². The predicted molar refractivity (Wildman–Crippen MR) is 96.2 cm³/mol. The first-order chi connectivity index (χ1) is 12.0. The number of rotatable bonds is 2. The predicted octanol–water partition coefficient (Wildman–Crippen LogP) is 5.29. The number of nitrogens with zero attached hydrogens (tertiary/aromatic N) is 1. The number of benzene rings is 2. The number of aromatic nitrogens is 1. The molecule has 0 spiro atoms. The third-order valence-corrected chi connectivity index (χ3v) is 4.90. The van der Waals surface area contributed by atoms with Gasteiger partial charge in [0.15, 0.2) is 0 Å². The minimum atomic E-state index is -0.811. The Morgan fingerprint density at radius 3 is 2.68 bits per heavy atom. The normalized spacial score (nSPS) is 11.2. The fraction of sp³-hybridized carbons (Fsp3) is 0.0526. The first-order valence-electron chi connectivity index (χ1n) is 7.57. The second-order valence-electron chi connectivity index (χ2n) is 5.77.